The van der Waals surface area contributed by atoms with E-state index in [0.717, 1.165) is 34.4 Å². The van der Waals surface area contributed by atoms with Crippen LogP contribution < -0.4 is 15.6 Å². The summed E-state index contributed by atoms with van der Waals surface area (Å²) in [5.74, 6) is 0.111. The third-order valence-electron chi connectivity index (χ3n) is 6.08. The molecule has 1 aliphatic rings. The molecule has 0 bridgehead atoms. The molecule has 4 aromatic rings. The summed E-state index contributed by atoms with van der Waals surface area (Å²) >= 11 is 6.39. The zero-order valence-corrected chi connectivity index (χ0v) is 22.0. The highest BCUT2D eigenvalue weighted by atomic mass is 35.5. The van der Waals surface area contributed by atoms with Crippen molar-refractivity contribution in [1.29, 1.82) is 0 Å². The highest BCUT2D eigenvalue weighted by molar-refractivity contribution is 6.31. The lowest BCUT2D eigenvalue weighted by atomic mass is 10.0. The zero-order chi connectivity index (χ0) is 27.2. The lowest BCUT2D eigenvalue weighted by molar-refractivity contribution is 0.122. The Morgan fingerprint density at radius 2 is 1.95 bits per heavy atom. The molecule has 1 aliphatic heterocycles. The molecular weight excluding hydrogens is 521 g/mol. The molecule has 200 valence electrons. The summed E-state index contributed by atoms with van der Waals surface area (Å²) in [5, 5.41) is 18.0. The minimum Gasteiger partial charge on any atom is -0.508 e. The van der Waals surface area contributed by atoms with E-state index >= 15 is 0 Å². The fourth-order valence-electron chi connectivity index (χ4n) is 4.21. The van der Waals surface area contributed by atoms with Crippen molar-refractivity contribution >= 4 is 41.0 Å². The van der Waals surface area contributed by atoms with Crippen LogP contribution in [0, 0.1) is 5.82 Å². The van der Waals surface area contributed by atoms with Crippen LogP contribution in [0.5, 0.6) is 5.75 Å². The monoisotopic (exact) mass is 547 g/mol. The second-order valence-electron chi connectivity index (χ2n) is 8.82. The first-order valence-corrected chi connectivity index (χ1v) is 12.9. The molecular formula is C28H27ClFN7O2. The highest BCUT2D eigenvalue weighted by Gasteiger charge is 2.17. The van der Waals surface area contributed by atoms with Crippen LogP contribution in [0.15, 0.2) is 65.9 Å². The van der Waals surface area contributed by atoms with Crippen LogP contribution in [-0.2, 0) is 11.2 Å². The smallest absolute Gasteiger partial charge is 0.245 e. The van der Waals surface area contributed by atoms with E-state index in [1.807, 2.05) is 48.2 Å². The van der Waals surface area contributed by atoms with E-state index in [1.54, 1.807) is 24.4 Å². The number of ether oxygens (including phenoxy) is 1. The second kappa shape index (κ2) is 12.1. The lowest BCUT2D eigenvalue weighted by Gasteiger charge is -2.27. The number of phenolic OH excluding ortho intramolecular Hbond substituents is 1. The first-order valence-electron chi connectivity index (χ1n) is 12.5. The molecule has 1 fully saturated rings. The fourth-order valence-corrected chi connectivity index (χ4v) is 4.44. The molecule has 0 unspecified atom stereocenters. The van der Waals surface area contributed by atoms with Gasteiger partial charge >= 0.3 is 0 Å². The van der Waals surface area contributed by atoms with Gasteiger partial charge in [0, 0.05) is 23.8 Å². The Kier molecular flexibility index (Phi) is 8.14. The molecule has 9 nitrogen and oxygen atoms in total. The van der Waals surface area contributed by atoms with Gasteiger partial charge in [0.05, 0.1) is 42.7 Å². The van der Waals surface area contributed by atoms with Crippen molar-refractivity contribution in [3.05, 3.63) is 83.0 Å². The summed E-state index contributed by atoms with van der Waals surface area (Å²) in [7, 11) is 0. The number of phenols is 1. The largest absolute Gasteiger partial charge is 0.508 e. The molecule has 2 aromatic heterocycles. The van der Waals surface area contributed by atoms with Crippen LogP contribution in [-0.4, -0.2) is 52.6 Å². The van der Waals surface area contributed by atoms with Gasteiger partial charge in [-0.3, -0.25) is 0 Å². The Bertz CT molecular complexity index is 1490. The second-order valence-corrected chi connectivity index (χ2v) is 9.26. The summed E-state index contributed by atoms with van der Waals surface area (Å²) < 4.78 is 19.6. The van der Waals surface area contributed by atoms with Gasteiger partial charge < -0.3 is 20.1 Å². The molecule has 0 radical (unpaired) electrons. The molecule has 11 heteroatoms. The van der Waals surface area contributed by atoms with Crippen LogP contribution in [0.4, 0.5) is 27.5 Å². The maximum Gasteiger partial charge on any atom is 0.245 e. The van der Waals surface area contributed by atoms with Crippen molar-refractivity contribution < 1.29 is 14.2 Å². The van der Waals surface area contributed by atoms with E-state index in [4.69, 9.17) is 21.3 Å². The number of nitrogens with zero attached hydrogens (tertiary/aromatic N) is 5. The first kappa shape index (κ1) is 26.3. The number of benzene rings is 2. The van der Waals surface area contributed by atoms with E-state index < -0.39 is 5.82 Å². The molecule has 3 N–H and O–H groups in total. The summed E-state index contributed by atoms with van der Waals surface area (Å²) in [5.41, 5.74) is 7.59. The third-order valence-corrected chi connectivity index (χ3v) is 6.30. The van der Waals surface area contributed by atoms with Crippen molar-refractivity contribution in [3.8, 4) is 16.9 Å². The van der Waals surface area contributed by atoms with Gasteiger partial charge in [-0.15, -0.1) is 0 Å². The van der Waals surface area contributed by atoms with Gasteiger partial charge in [0.1, 0.15) is 5.75 Å². The SMILES string of the molecule is CCc1nc(/C=N/Nc2ncc(F)c(N3CCOCC3)n2)ccc1Nc1cc(Cl)cc(-c2cccc(O)c2)c1. The maximum atomic E-state index is 14.3. The van der Waals surface area contributed by atoms with Crippen LogP contribution in [0.2, 0.25) is 5.02 Å². The number of halogens is 2. The molecule has 2 aromatic carbocycles. The van der Waals surface area contributed by atoms with Crippen molar-refractivity contribution in [2.45, 2.75) is 13.3 Å². The Morgan fingerprint density at radius 3 is 2.74 bits per heavy atom. The van der Waals surface area contributed by atoms with Crippen LogP contribution in [0.1, 0.15) is 18.3 Å². The van der Waals surface area contributed by atoms with Crippen LogP contribution in [0.3, 0.4) is 0 Å². The van der Waals surface area contributed by atoms with Gasteiger partial charge in [0.2, 0.25) is 5.95 Å². The van der Waals surface area contributed by atoms with Crippen molar-refractivity contribution in [3.63, 3.8) is 0 Å². The molecule has 0 aliphatic carbocycles. The number of aryl methyl sites for hydroxylation is 1. The standard InChI is InChI=1S/C28H27ClFN7O2/c1-2-25-26(34-22-13-19(12-20(29)15-22)18-4-3-5-23(38)14-18)7-6-21(33-25)16-32-36-28-31-17-24(30)27(35-28)37-8-10-39-11-9-37/h3-7,12-17,34,38H,2,8-11H2,1H3,(H,31,35,36)/b32-16+. The van der Waals surface area contributed by atoms with Gasteiger partial charge in [-0.05, 0) is 60.0 Å². The van der Waals surface area contributed by atoms with Crippen LogP contribution in [0.25, 0.3) is 11.1 Å². The average Bonchev–Trinajstić information content (AvgIpc) is 2.95. The summed E-state index contributed by atoms with van der Waals surface area (Å²) in [6.07, 6.45) is 3.37. The lowest BCUT2D eigenvalue weighted by Crippen LogP contribution is -2.37. The zero-order valence-electron chi connectivity index (χ0n) is 21.2. The molecule has 1 saturated heterocycles. The number of hydrazone groups is 1. The molecule has 0 amide bonds. The normalized spacial score (nSPS) is 13.6. The minimum atomic E-state index is -0.488. The van der Waals surface area contributed by atoms with Gasteiger partial charge in [-0.1, -0.05) is 30.7 Å². The minimum absolute atomic E-state index is 0.187. The molecule has 3 heterocycles. The molecule has 5 rings (SSSR count). The number of rotatable bonds is 8. The summed E-state index contributed by atoms with van der Waals surface area (Å²) in [6, 6.07) is 16.4. The van der Waals surface area contributed by atoms with Crippen molar-refractivity contribution in [2.24, 2.45) is 5.10 Å². The number of pyridine rings is 1. The predicted molar refractivity (Wildman–Crippen MR) is 152 cm³/mol. The van der Waals surface area contributed by atoms with E-state index in [1.165, 1.54) is 0 Å². The number of morpholine rings is 1. The molecule has 39 heavy (non-hydrogen) atoms. The van der Waals surface area contributed by atoms with Crippen molar-refractivity contribution in [1.82, 2.24) is 15.0 Å². The van der Waals surface area contributed by atoms with E-state index in [0.29, 0.717) is 43.4 Å². The van der Waals surface area contributed by atoms with E-state index in [9.17, 15) is 9.50 Å². The molecule has 0 saturated carbocycles. The Morgan fingerprint density at radius 1 is 1.10 bits per heavy atom. The Hall–Kier alpha value is -4.28. The number of nitrogens with one attached hydrogen (secondary N) is 2. The average molecular weight is 548 g/mol. The van der Waals surface area contributed by atoms with E-state index in [-0.39, 0.29) is 17.5 Å². The topological polar surface area (TPSA) is 108 Å². The number of anilines is 4. The molecule has 0 spiro atoms. The molecule has 0 atom stereocenters. The van der Waals surface area contributed by atoms with Gasteiger partial charge in [0.25, 0.3) is 0 Å². The van der Waals surface area contributed by atoms with Crippen LogP contribution >= 0.6 is 11.6 Å². The van der Waals surface area contributed by atoms with Crippen molar-refractivity contribution in [2.75, 3.05) is 41.9 Å². The fraction of sp³-hybridized carbons (Fsp3) is 0.214. The number of hydrogen-bond acceptors (Lipinski definition) is 9. The van der Waals surface area contributed by atoms with Gasteiger partial charge in [-0.25, -0.2) is 19.8 Å². The predicted octanol–water partition coefficient (Wildman–Crippen LogP) is 5.63. The van der Waals surface area contributed by atoms with Gasteiger partial charge in [0.15, 0.2) is 11.6 Å². The third kappa shape index (κ3) is 6.60. The Balaban J connectivity index is 1.29. The quantitative estimate of drug-likeness (QED) is 0.192. The summed E-state index contributed by atoms with van der Waals surface area (Å²) in [6.45, 7) is 4.19. The number of aromatic nitrogens is 3. The Labute approximate surface area is 230 Å². The first-order chi connectivity index (χ1) is 19.0. The van der Waals surface area contributed by atoms with Gasteiger partial charge in [-0.2, -0.15) is 10.1 Å². The maximum absolute atomic E-state index is 14.3. The number of aromatic hydroxyl groups is 1. The highest BCUT2D eigenvalue weighted by Crippen LogP contribution is 2.31. The summed E-state index contributed by atoms with van der Waals surface area (Å²) in [4.78, 5) is 14.8. The van der Waals surface area contributed by atoms with E-state index in [2.05, 4.69) is 25.8 Å². The number of hydrogen-bond donors (Lipinski definition) is 3.